The first-order valence-electron chi connectivity index (χ1n) is 9.87. The van der Waals surface area contributed by atoms with Crippen molar-refractivity contribution in [2.45, 2.75) is 30.9 Å². The Bertz CT molecular complexity index is 1210. The molecule has 1 heterocycles. The zero-order valence-electron chi connectivity index (χ0n) is 17.0. The monoisotopic (exact) mass is 856 g/mol. The molecule has 192 valence electrons. The van der Waals surface area contributed by atoms with Gasteiger partial charge in [-0.3, -0.25) is 14.1 Å². The smallest absolute Gasteiger partial charge is 0.426 e. The molecule has 2 saturated carbocycles. The molecule has 1 aromatic carbocycles. The first-order chi connectivity index (χ1) is 16.1. The number of alkyl halides is 3. The van der Waals surface area contributed by atoms with Crippen LogP contribution < -0.4 is 0 Å². The van der Waals surface area contributed by atoms with Crippen molar-refractivity contribution >= 4 is 95.8 Å². The second-order valence-corrected chi connectivity index (χ2v) is 13.3. The van der Waals surface area contributed by atoms with Crippen LogP contribution >= 0.6 is 67.8 Å². The van der Waals surface area contributed by atoms with Gasteiger partial charge in [-0.2, -0.15) is 21.6 Å². The van der Waals surface area contributed by atoms with Gasteiger partial charge in [-0.1, -0.05) is 0 Å². The number of esters is 3. The summed E-state index contributed by atoms with van der Waals surface area (Å²) in [6.45, 7) is 0. The Morgan fingerprint density at radius 1 is 1.20 bits per heavy atom. The summed E-state index contributed by atoms with van der Waals surface area (Å²) in [7, 11) is -5.13. The van der Waals surface area contributed by atoms with E-state index < -0.39 is 81.9 Å². The third-order valence-corrected chi connectivity index (χ3v) is 10.6. The molecule has 1 N–H and O–H groups in total. The minimum absolute atomic E-state index is 0.175. The summed E-state index contributed by atoms with van der Waals surface area (Å²) in [5.41, 5.74) is 0.233. The van der Waals surface area contributed by atoms with Crippen molar-refractivity contribution in [1.29, 1.82) is 0 Å². The first kappa shape index (κ1) is 27.6. The fourth-order valence-electron chi connectivity index (χ4n) is 4.95. The van der Waals surface area contributed by atoms with E-state index in [1.165, 1.54) is 0 Å². The Kier molecular flexibility index (Phi) is 7.62. The molecule has 0 spiro atoms. The van der Waals surface area contributed by atoms with Crippen molar-refractivity contribution < 1.29 is 54.7 Å². The van der Waals surface area contributed by atoms with E-state index in [2.05, 4.69) is 4.74 Å². The molecule has 1 aliphatic heterocycles. The van der Waals surface area contributed by atoms with Crippen molar-refractivity contribution in [3.63, 3.8) is 0 Å². The van der Waals surface area contributed by atoms with Gasteiger partial charge in [0.15, 0.2) is 0 Å². The number of carbonyl (C=O) groups excluding carboxylic acids is 3. The van der Waals surface area contributed by atoms with E-state index in [4.69, 9.17) is 14.0 Å². The highest BCUT2D eigenvalue weighted by atomic mass is 127. The largest absolute Gasteiger partial charge is 0.461 e. The van der Waals surface area contributed by atoms with Crippen molar-refractivity contribution in [1.82, 2.24) is 0 Å². The van der Waals surface area contributed by atoms with Crippen LogP contribution in [0.4, 0.5) is 13.2 Å². The van der Waals surface area contributed by atoms with E-state index in [1.54, 1.807) is 6.07 Å². The van der Waals surface area contributed by atoms with Crippen LogP contribution in [0.2, 0.25) is 0 Å². The minimum Gasteiger partial charge on any atom is -0.461 e. The topological polar surface area (TPSA) is 133 Å². The van der Waals surface area contributed by atoms with Gasteiger partial charge in [0.25, 0.3) is 10.1 Å². The molecular weight excluding hydrogens is 842 g/mol. The van der Waals surface area contributed by atoms with Crippen LogP contribution in [-0.2, 0) is 33.9 Å². The van der Waals surface area contributed by atoms with Crippen LogP contribution in [0.1, 0.15) is 16.8 Å². The van der Waals surface area contributed by atoms with E-state index in [0.717, 1.165) is 7.14 Å². The lowest BCUT2D eigenvalue weighted by Gasteiger charge is -2.31. The highest BCUT2D eigenvalue weighted by Crippen LogP contribution is 2.59. The van der Waals surface area contributed by atoms with Gasteiger partial charge in [-0.25, -0.2) is 4.79 Å². The molecule has 7 atom stereocenters. The molecule has 2 bridgehead atoms. The molecule has 1 aromatic rings. The number of halogens is 6. The SMILES string of the molecule is O=C(OC1C2CC3C(OC(=O)C31)C2C(=O)OC(CS(=O)(=O)O)C(F)(F)F)c1cc(I)cc(I)c1I. The van der Waals surface area contributed by atoms with E-state index in [-0.39, 0.29) is 12.0 Å². The number of hydrogen-bond acceptors (Lipinski definition) is 8. The summed E-state index contributed by atoms with van der Waals surface area (Å²) in [5, 5.41) is 0. The number of carbonyl (C=O) groups is 3. The number of fused-ring (bicyclic) bond motifs is 1. The lowest BCUT2D eigenvalue weighted by molar-refractivity contribution is -0.220. The zero-order valence-corrected chi connectivity index (χ0v) is 24.3. The van der Waals surface area contributed by atoms with Gasteiger partial charge in [0, 0.05) is 22.5 Å². The number of hydrogen-bond donors (Lipinski definition) is 1. The number of benzene rings is 1. The zero-order chi connectivity index (χ0) is 26.0. The molecule has 2 aliphatic carbocycles. The van der Waals surface area contributed by atoms with Gasteiger partial charge in [-0.15, -0.1) is 0 Å². The Morgan fingerprint density at radius 2 is 1.86 bits per heavy atom. The molecule has 0 radical (unpaired) electrons. The quantitative estimate of drug-likeness (QED) is 0.151. The number of rotatable bonds is 6. The summed E-state index contributed by atoms with van der Waals surface area (Å²) in [5.74, 6) is -8.49. The van der Waals surface area contributed by atoms with Gasteiger partial charge < -0.3 is 14.2 Å². The molecular formula is C19H14F3I3O9S. The minimum atomic E-state index is -5.28. The maximum atomic E-state index is 13.3. The summed E-state index contributed by atoms with van der Waals surface area (Å²) < 4.78 is 88.1. The van der Waals surface area contributed by atoms with Crippen molar-refractivity contribution in [2.75, 3.05) is 5.75 Å². The molecule has 35 heavy (non-hydrogen) atoms. The lowest BCUT2D eigenvalue weighted by atomic mass is 9.80. The predicted octanol–water partition coefficient (Wildman–Crippen LogP) is 3.20. The van der Waals surface area contributed by atoms with E-state index >= 15 is 0 Å². The highest BCUT2D eigenvalue weighted by Gasteiger charge is 2.70. The van der Waals surface area contributed by atoms with Gasteiger partial charge in [0.2, 0.25) is 6.10 Å². The van der Waals surface area contributed by atoms with Crippen LogP contribution in [0.25, 0.3) is 0 Å². The van der Waals surface area contributed by atoms with E-state index in [0.29, 0.717) is 3.57 Å². The predicted molar refractivity (Wildman–Crippen MR) is 135 cm³/mol. The van der Waals surface area contributed by atoms with Crippen molar-refractivity contribution in [3.05, 3.63) is 28.4 Å². The first-order valence-corrected chi connectivity index (χ1v) is 14.7. The molecule has 0 amide bonds. The van der Waals surface area contributed by atoms with E-state index in [9.17, 15) is 36.0 Å². The fourth-order valence-corrected chi connectivity index (χ4v) is 7.97. The maximum Gasteiger partial charge on any atom is 0.426 e. The molecule has 1 saturated heterocycles. The summed E-state index contributed by atoms with van der Waals surface area (Å²) >= 11 is 6.03. The molecule has 0 aromatic heterocycles. The molecule has 4 rings (SSSR count). The molecule has 9 nitrogen and oxygen atoms in total. The lowest BCUT2D eigenvalue weighted by Crippen LogP contribution is -2.47. The van der Waals surface area contributed by atoms with Gasteiger partial charge in [-0.05, 0) is 86.3 Å². The molecule has 7 unspecified atom stereocenters. The number of ether oxygens (including phenoxy) is 3. The van der Waals surface area contributed by atoms with E-state index in [1.807, 2.05) is 73.8 Å². The summed E-state index contributed by atoms with van der Waals surface area (Å²) in [6.07, 6.45) is -10.4. The van der Waals surface area contributed by atoms with Crippen molar-refractivity contribution in [3.8, 4) is 0 Å². The average Bonchev–Trinajstić information content (AvgIpc) is 3.31. The molecule has 16 heteroatoms. The average molecular weight is 856 g/mol. The maximum absolute atomic E-state index is 13.3. The third-order valence-electron chi connectivity index (χ3n) is 6.26. The van der Waals surface area contributed by atoms with Crippen LogP contribution in [-0.4, -0.2) is 61.1 Å². The van der Waals surface area contributed by atoms with Crippen LogP contribution in [0.5, 0.6) is 0 Å². The Balaban J connectivity index is 1.58. The molecule has 3 fully saturated rings. The summed E-state index contributed by atoms with van der Waals surface area (Å²) in [4.78, 5) is 38.2. The summed E-state index contributed by atoms with van der Waals surface area (Å²) in [6, 6.07) is 3.43. The second-order valence-electron chi connectivity index (χ2n) is 8.35. The Hall–Kier alpha value is -0.480. The molecule has 3 aliphatic rings. The Morgan fingerprint density at radius 3 is 2.46 bits per heavy atom. The van der Waals surface area contributed by atoms with Crippen LogP contribution in [0.15, 0.2) is 12.1 Å². The normalized spacial score (nSPS) is 30.2. The van der Waals surface area contributed by atoms with Gasteiger partial charge in [0.1, 0.15) is 29.8 Å². The fraction of sp³-hybridized carbons (Fsp3) is 0.526. The Labute approximate surface area is 237 Å². The second kappa shape index (κ2) is 9.68. The van der Waals surface area contributed by atoms with Crippen LogP contribution in [0.3, 0.4) is 0 Å². The van der Waals surface area contributed by atoms with Gasteiger partial charge in [0.05, 0.1) is 5.56 Å². The highest BCUT2D eigenvalue weighted by molar-refractivity contribution is 14.1. The van der Waals surface area contributed by atoms with Gasteiger partial charge >= 0.3 is 24.1 Å². The third kappa shape index (κ3) is 5.40. The van der Waals surface area contributed by atoms with Crippen molar-refractivity contribution in [2.24, 2.45) is 23.7 Å². The van der Waals surface area contributed by atoms with Crippen LogP contribution in [0, 0.1) is 34.4 Å². The standard InChI is InChI=1S/C19H14F3I3O9S/c20-19(21,22)10(4-35(29,30)31)32-17(27)11-6-3-7-12(18(28)34-15(7)11)14(6)33-16(26)8-1-5(23)2-9(24)13(8)25/h1-2,6-7,10-12,14-15H,3-4H2,(H,29,30,31).